The van der Waals surface area contributed by atoms with Crippen molar-refractivity contribution in [2.24, 2.45) is 10.5 Å². The van der Waals surface area contributed by atoms with Crippen molar-refractivity contribution in [1.82, 2.24) is 10.3 Å². The van der Waals surface area contributed by atoms with E-state index in [0.717, 1.165) is 25.1 Å². The molecule has 0 radical (unpaired) electrons. The average Bonchev–Trinajstić information content (AvgIpc) is 2.92. The summed E-state index contributed by atoms with van der Waals surface area (Å²) in [5, 5.41) is 41.8. The van der Waals surface area contributed by atoms with Gasteiger partial charge in [-0.15, -0.1) is 0 Å². The van der Waals surface area contributed by atoms with Crippen LogP contribution in [0.2, 0.25) is 0 Å². The van der Waals surface area contributed by atoms with Crippen molar-refractivity contribution >= 4 is 23.6 Å². The first-order valence-electron chi connectivity index (χ1n) is 8.61. The van der Waals surface area contributed by atoms with E-state index in [-0.39, 0.29) is 5.91 Å². The number of nitrogens with one attached hydrogen (secondary N) is 1. The lowest BCUT2D eigenvalue weighted by molar-refractivity contribution is -0.165. The van der Waals surface area contributed by atoms with Crippen molar-refractivity contribution in [3.05, 3.63) is 35.9 Å². The maximum absolute atomic E-state index is 12.4. The Kier molecular flexibility index (Phi) is 6.84. The molecule has 10 heteroatoms. The number of rotatable bonds is 5. The van der Waals surface area contributed by atoms with Crippen molar-refractivity contribution in [2.45, 2.75) is 25.0 Å². The molecule has 0 aromatic heterocycles. The fourth-order valence-corrected chi connectivity index (χ4v) is 3.19. The van der Waals surface area contributed by atoms with Gasteiger partial charge in [0, 0.05) is 26.6 Å². The van der Waals surface area contributed by atoms with Gasteiger partial charge in [-0.3, -0.25) is 4.79 Å². The smallest absolute Gasteiger partial charge is 0.335 e. The van der Waals surface area contributed by atoms with Gasteiger partial charge in [0.2, 0.25) is 0 Å². The van der Waals surface area contributed by atoms with E-state index in [1.807, 2.05) is 18.2 Å². The minimum absolute atomic E-state index is 0.119. The van der Waals surface area contributed by atoms with Crippen LogP contribution in [0.25, 0.3) is 0 Å². The zero-order valence-corrected chi connectivity index (χ0v) is 15.3. The predicted molar refractivity (Wildman–Crippen MR) is 97.6 cm³/mol. The van der Waals surface area contributed by atoms with Crippen molar-refractivity contribution in [3.8, 4) is 0 Å². The van der Waals surface area contributed by atoms with Gasteiger partial charge in [-0.05, 0) is 12.0 Å². The largest absolute Gasteiger partial charge is 0.479 e. The Morgan fingerprint density at radius 2 is 1.75 bits per heavy atom. The van der Waals surface area contributed by atoms with Crippen LogP contribution in [-0.2, 0) is 20.8 Å². The lowest BCUT2D eigenvalue weighted by atomic mass is 9.74. The Labute approximate surface area is 161 Å². The van der Waals surface area contributed by atoms with Gasteiger partial charge in [0.05, 0.1) is 5.71 Å². The lowest BCUT2D eigenvalue weighted by Crippen LogP contribution is -2.52. The Morgan fingerprint density at radius 3 is 2.29 bits per heavy atom. The molecule has 10 nitrogen and oxygen atoms in total. The fraction of sp³-hybridized carbons (Fsp3) is 0.444. The van der Waals surface area contributed by atoms with Gasteiger partial charge in [0.25, 0.3) is 5.91 Å². The summed E-state index contributed by atoms with van der Waals surface area (Å²) in [6, 6.07) is 10.2. The number of amides is 1. The number of carbonyl (C=O) groups excluding carboxylic acids is 1. The number of aliphatic carboxylic acids is 2. The van der Waals surface area contributed by atoms with E-state index in [4.69, 9.17) is 20.4 Å². The van der Waals surface area contributed by atoms with Crippen LogP contribution < -0.4 is 5.32 Å². The number of carboxylic acid groups (broad SMARTS) is 2. The van der Waals surface area contributed by atoms with Gasteiger partial charge in [-0.2, -0.15) is 5.10 Å². The second kappa shape index (κ2) is 8.91. The maximum atomic E-state index is 12.4. The highest BCUT2D eigenvalue weighted by atomic mass is 16.4. The van der Waals surface area contributed by atoms with Crippen LogP contribution in [0.3, 0.4) is 0 Å². The van der Waals surface area contributed by atoms with Crippen molar-refractivity contribution in [1.29, 1.82) is 0 Å². The van der Waals surface area contributed by atoms with E-state index in [0.29, 0.717) is 6.54 Å². The molecule has 1 saturated heterocycles. The topological polar surface area (TPSA) is 160 Å². The van der Waals surface area contributed by atoms with Crippen molar-refractivity contribution < 1.29 is 34.8 Å². The van der Waals surface area contributed by atoms with Crippen molar-refractivity contribution in [2.75, 3.05) is 20.1 Å². The number of carboxylic acids is 2. The van der Waals surface area contributed by atoms with Gasteiger partial charge in [-0.1, -0.05) is 30.3 Å². The Morgan fingerprint density at radius 1 is 1.18 bits per heavy atom. The molecule has 1 amide bonds. The SMILES string of the molecule is CN1N=C2CCNC[C@@]2(Cc2ccccc2)C1=O.O=C(O)[C@H](O)[C@@H](O)C(=O)O. The second-order valence-electron chi connectivity index (χ2n) is 6.61. The molecule has 1 aromatic carbocycles. The predicted octanol–water partition coefficient (Wildman–Crippen LogP) is -1.09. The summed E-state index contributed by atoms with van der Waals surface area (Å²) in [5.74, 6) is -3.42. The molecule has 3 rings (SSSR count). The van der Waals surface area contributed by atoms with Gasteiger partial charge in [-0.25, -0.2) is 14.6 Å². The van der Waals surface area contributed by atoms with Crippen LogP contribution >= 0.6 is 0 Å². The Hall–Kier alpha value is -2.82. The maximum Gasteiger partial charge on any atom is 0.335 e. The third-order valence-corrected chi connectivity index (χ3v) is 4.65. The first-order chi connectivity index (χ1) is 13.2. The standard InChI is InChI=1S/C14H17N3O.C4H6O6/c1-17-13(18)14(9-11-5-3-2-4-6-11)10-15-8-7-12(14)16-17;5-1(3(7)8)2(6)4(9)10/h2-6,15H,7-10H2,1H3;1-2,5-6H,(H,7,8)(H,9,10)/t14-;1-,2-/m11/s1. The van der Waals surface area contributed by atoms with E-state index in [1.165, 1.54) is 10.6 Å². The van der Waals surface area contributed by atoms with Gasteiger partial charge >= 0.3 is 11.9 Å². The first-order valence-corrected chi connectivity index (χ1v) is 8.61. The molecule has 1 aromatic rings. The minimum atomic E-state index is -2.27. The number of benzene rings is 1. The molecule has 2 aliphatic rings. The number of hydrogen-bond acceptors (Lipinski definition) is 7. The molecule has 2 heterocycles. The number of carbonyl (C=O) groups is 3. The zero-order chi connectivity index (χ0) is 20.9. The molecule has 0 bridgehead atoms. The van der Waals surface area contributed by atoms with E-state index >= 15 is 0 Å². The molecule has 2 aliphatic heterocycles. The number of nitrogens with zero attached hydrogens (tertiary/aromatic N) is 2. The molecule has 0 saturated carbocycles. The third-order valence-electron chi connectivity index (χ3n) is 4.65. The molecule has 152 valence electrons. The van der Waals surface area contributed by atoms with Crippen LogP contribution in [0, 0.1) is 5.41 Å². The number of hydrazone groups is 1. The number of fused-ring (bicyclic) bond motifs is 1. The summed E-state index contributed by atoms with van der Waals surface area (Å²) in [7, 11) is 1.75. The van der Waals surface area contributed by atoms with Crippen LogP contribution in [0.15, 0.2) is 35.4 Å². The molecule has 28 heavy (non-hydrogen) atoms. The second-order valence-corrected chi connectivity index (χ2v) is 6.61. The van der Waals surface area contributed by atoms with Crippen molar-refractivity contribution in [3.63, 3.8) is 0 Å². The number of aliphatic hydroxyl groups is 2. The molecule has 3 atom stereocenters. The summed E-state index contributed by atoms with van der Waals surface area (Å²) < 4.78 is 0. The number of aliphatic hydroxyl groups excluding tert-OH is 2. The molecule has 0 spiro atoms. The van der Waals surface area contributed by atoms with E-state index in [2.05, 4.69) is 22.6 Å². The average molecular weight is 393 g/mol. The zero-order valence-electron chi connectivity index (χ0n) is 15.3. The highest BCUT2D eigenvalue weighted by molar-refractivity contribution is 6.13. The van der Waals surface area contributed by atoms with Gasteiger partial charge in [0.15, 0.2) is 12.2 Å². The molecule has 0 aliphatic carbocycles. The minimum Gasteiger partial charge on any atom is -0.479 e. The fourth-order valence-electron chi connectivity index (χ4n) is 3.19. The molecular formula is C18H23N3O7. The van der Waals surface area contributed by atoms with Crippen LogP contribution in [0.5, 0.6) is 0 Å². The van der Waals surface area contributed by atoms with E-state index in [9.17, 15) is 14.4 Å². The summed E-state index contributed by atoms with van der Waals surface area (Å²) in [6.45, 7) is 1.61. The third kappa shape index (κ3) is 4.53. The van der Waals surface area contributed by atoms with Gasteiger partial charge in [0.1, 0.15) is 5.41 Å². The highest BCUT2D eigenvalue weighted by Crippen LogP contribution is 2.35. The normalized spacial score (nSPS) is 23.0. The number of hydrogen-bond donors (Lipinski definition) is 5. The Bertz CT molecular complexity index is 750. The first kappa shape index (κ1) is 21.5. The quantitative estimate of drug-likeness (QED) is 0.422. The van der Waals surface area contributed by atoms with Gasteiger partial charge < -0.3 is 25.7 Å². The summed E-state index contributed by atoms with van der Waals surface area (Å²) in [4.78, 5) is 32.0. The highest BCUT2D eigenvalue weighted by Gasteiger charge is 2.50. The van der Waals surface area contributed by atoms with Crippen LogP contribution in [-0.4, -0.2) is 81.3 Å². The van der Waals surface area contributed by atoms with E-state index in [1.54, 1.807) is 7.05 Å². The number of piperidine rings is 1. The van der Waals surface area contributed by atoms with Crippen LogP contribution in [0.4, 0.5) is 0 Å². The van der Waals surface area contributed by atoms with Crippen LogP contribution in [0.1, 0.15) is 12.0 Å². The molecule has 0 unspecified atom stereocenters. The molecule has 5 N–H and O–H groups in total. The summed E-state index contributed by atoms with van der Waals surface area (Å²) in [6.07, 6.45) is -2.93. The summed E-state index contributed by atoms with van der Waals surface area (Å²) in [5.41, 5.74) is 1.78. The van der Waals surface area contributed by atoms with E-state index < -0.39 is 29.6 Å². The molecular weight excluding hydrogens is 370 g/mol. The Balaban J connectivity index is 0.000000242. The lowest BCUT2D eigenvalue weighted by Gasteiger charge is -2.33. The molecule has 1 fully saturated rings. The summed E-state index contributed by atoms with van der Waals surface area (Å²) >= 11 is 0. The monoisotopic (exact) mass is 393 g/mol.